The second-order valence-corrected chi connectivity index (χ2v) is 6.40. The Morgan fingerprint density at radius 1 is 1.11 bits per heavy atom. The third kappa shape index (κ3) is 4.31. The highest BCUT2D eigenvalue weighted by Gasteiger charge is 2.31. The van der Waals surface area contributed by atoms with Gasteiger partial charge >= 0.3 is 11.6 Å². The van der Waals surface area contributed by atoms with Gasteiger partial charge in [0.1, 0.15) is 17.1 Å². The molecule has 1 atom stereocenters. The summed E-state index contributed by atoms with van der Waals surface area (Å²) in [5.41, 5.74) is 0.332. The van der Waals surface area contributed by atoms with Gasteiger partial charge in [-0.15, -0.1) is 0 Å². The molecule has 0 aliphatic carbocycles. The predicted octanol–water partition coefficient (Wildman–Crippen LogP) is 3.45. The van der Waals surface area contributed by atoms with E-state index in [1.54, 1.807) is 20.8 Å². The Labute approximate surface area is 162 Å². The van der Waals surface area contributed by atoms with Gasteiger partial charge < -0.3 is 18.6 Å². The van der Waals surface area contributed by atoms with E-state index in [1.807, 2.05) is 0 Å². The minimum atomic E-state index is -1.28. The Morgan fingerprint density at radius 3 is 2.29 bits per heavy atom. The normalized spacial score (nSPS) is 11.5. The highest BCUT2D eigenvalue weighted by molar-refractivity contribution is 6.13. The molecule has 0 fully saturated rings. The lowest BCUT2D eigenvalue weighted by atomic mass is 9.98. The Kier molecular flexibility index (Phi) is 6.41. The molecule has 0 aliphatic heterocycles. The molecule has 1 heterocycles. The zero-order valence-corrected chi connectivity index (χ0v) is 16.5. The maximum atomic E-state index is 13.3. The number of esters is 1. The van der Waals surface area contributed by atoms with E-state index in [1.165, 1.54) is 38.5 Å². The Hall–Kier alpha value is -3.35. The van der Waals surface area contributed by atoms with E-state index in [0.717, 1.165) is 5.57 Å². The van der Waals surface area contributed by atoms with E-state index in [4.69, 9.17) is 18.6 Å². The molecule has 0 bridgehead atoms. The summed E-state index contributed by atoms with van der Waals surface area (Å²) in [6.07, 6.45) is -0.00807. The topological polar surface area (TPSA) is 92.0 Å². The molecule has 1 aromatic carbocycles. The van der Waals surface area contributed by atoms with E-state index < -0.39 is 23.5 Å². The first kappa shape index (κ1) is 21.0. The van der Waals surface area contributed by atoms with Crippen LogP contribution >= 0.6 is 0 Å². The lowest BCUT2D eigenvalue weighted by Gasteiger charge is -2.19. The first-order chi connectivity index (χ1) is 13.2. The number of methoxy groups -OCH3 is 2. The maximum absolute atomic E-state index is 13.3. The lowest BCUT2D eigenvalue weighted by molar-refractivity contribution is -0.139. The number of hydrogen-bond acceptors (Lipinski definition) is 7. The number of ketones is 1. The largest absolute Gasteiger partial charge is 0.496 e. The van der Waals surface area contributed by atoms with Gasteiger partial charge in [-0.05, 0) is 32.4 Å². The molecule has 0 spiro atoms. The third-order valence-corrected chi connectivity index (χ3v) is 3.85. The first-order valence-corrected chi connectivity index (χ1v) is 8.43. The minimum absolute atomic E-state index is 0.0155. The van der Waals surface area contributed by atoms with Crippen molar-refractivity contribution in [2.45, 2.75) is 26.9 Å². The molecule has 2 rings (SSSR count). The molecule has 7 nitrogen and oxygen atoms in total. The molecule has 28 heavy (non-hydrogen) atoms. The smallest absolute Gasteiger partial charge is 0.336 e. The van der Waals surface area contributed by atoms with Gasteiger partial charge in [0, 0.05) is 18.2 Å². The molecule has 0 saturated heterocycles. The highest BCUT2D eigenvalue weighted by Crippen LogP contribution is 2.36. The number of benzene rings is 1. The van der Waals surface area contributed by atoms with Gasteiger partial charge in [0.05, 0.1) is 19.6 Å². The summed E-state index contributed by atoms with van der Waals surface area (Å²) in [4.78, 5) is 37.1. The second-order valence-electron chi connectivity index (χ2n) is 6.40. The predicted molar refractivity (Wildman–Crippen MR) is 104 cm³/mol. The number of carbonyl (C=O) groups is 2. The average molecular weight is 386 g/mol. The van der Waals surface area contributed by atoms with Crippen LogP contribution in [0.25, 0.3) is 11.0 Å². The molecule has 0 saturated carbocycles. The van der Waals surface area contributed by atoms with E-state index in [0.29, 0.717) is 16.7 Å². The molecule has 0 radical (unpaired) electrons. The summed E-state index contributed by atoms with van der Waals surface area (Å²) in [5, 5.41) is 0.405. The molecule has 1 aromatic heterocycles. The SMILES string of the molecule is C=C(C)C(OC(=O)C=C(C)C)C(=O)c1c(OC)cc(OC)c2ccc(=O)oc12. The van der Waals surface area contributed by atoms with E-state index in [9.17, 15) is 14.4 Å². The summed E-state index contributed by atoms with van der Waals surface area (Å²) in [5.74, 6) is -0.824. The Morgan fingerprint density at radius 2 is 1.75 bits per heavy atom. The van der Waals surface area contributed by atoms with Gasteiger partial charge in [0.25, 0.3) is 0 Å². The molecular formula is C21H22O7. The minimum Gasteiger partial charge on any atom is -0.496 e. The van der Waals surface area contributed by atoms with Gasteiger partial charge in [-0.25, -0.2) is 9.59 Å². The summed E-state index contributed by atoms with van der Waals surface area (Å²) in [7, 11) is 2.81. The van der Waals surface area contributed by atoms with Gasteiger partial charge in [-0.3, -0.25) is 4.79 Å². The van der Waals surface area contributed by atoms with Crippen molar-refractivity contribution in [1.29, 1.82) is 0 Å². The summed E-state index contributed by atoms with van der Waals surface area (Å²) < 4.78 is 21.2. The Bertz CT molecular complexity index is 1020. The molecule has 0 aliphatic rings. The van der Waals surface area contributed by atoms with Crippen LogP contribution in [0.5, 0.6) is 11.5 Å². The van der Waals surface area contributed by atoms with Crippen LogP contribution in [0.4, 0.5) is 0 Å². The fourth-order valence-electron chi connectivity index (χ4n) is 2.64. The van der Waals surface area contributed by atoms with Crippen molar-refractivity contribution in [3.8, 4) is 11.5 Å². The van der Waals surface area contributed by atoms with Crippen molar-refractivity contribution in [1.82, 2.24) is 0 Å². The number of Topliss-reactive ketones (excluding diaryl/α,β-unsaturated/α-hetero) is 1. The van der Waals surface area contributed by atoms with Gasteiger partial charge in [0.2, 0.25) is 5.78 Å². The van der Waals surface area contributed by atoms with Crippen LogP contribution < -0.4 is 15.1 Å². The van der Waals surface area contributed by atoms with Crippen molar-refractivity contribution in [2.24, 2.45) is 0 Å². The van der Waals surface area contributed by atoms with Crippen molar-refractivity contribution in [2.75, 3.05) is 14.2 Å². The third-order valence-electron chi connectivity index (χ3n) is 3.85. The highest BCUT2D eigenvalue weighted by atomic mass is 16.5. The molecule has 7 heteroatoms. The van der Waals surface area contributed by atoms with Gasteiger partial charge in [-0.1, -0.05) is 12.2 Å². The lowest BCUT2D eigenvalue weighted by Crippen LogP contribution is -2.28. The standard InChI is InChI=1S/C21H22O7/c1-11(2)9-17(23)28-20(12(3)4)19(24)18-15(26-6)10-14(25-5)13-7-8-16(22)27-21(13)18/h7-10,20H,3H2,1-2,4-6H3. The number of ether oxygens (including phenoxy) is 3. The van der Waals surface area contributed by atoms with Crippen LogP contribution in [-0.4, -0.2) is 32.1 Å². The van der Waals surface area contributed by atoms with Crippen LogP contribution in [0.1, 0.15) is 31.1 Å². The molecule has 1 unspecified atom stereocenters. The van der Waals surface area contributed by atoms with Gasteiger partial charge in [-0.2, -0.15) is 0 Å². The average Bonchev–Trinajstić information content (AvgIpc) is 2.63. The second kappa shape index (κ2) is 8.56. The fraction of sp³-hybridized carbons (Fsp3) is 0.286. The number of carbonyl (C=O) groups excluding carboxylic acids is 2. The summed E-state index contributed by atoms with van der Waals surface area (Å²) in [6, 6.07) is 4.21. The van der Waals surface area contributed by atoms with E-state index >= 15 is 0 Å². The van der Waals surface area contributed by atoms with Crippen molar-refractivity contribution in [3.63, 3.8) is 0 Å². The number of fused-ring (bicyclic) bond motifs is 1. The molecule has 148 valence electrons. The van der Waals surface area contributed by atoms with Crippen molar-refractivity contribution in [3.05, 3.63) is 58.0 Å². The summed E-state index contributed by atoms with van der Waals surface area (Å²) >= 11 is 0. The number of allylic oxidation sites excluding steroid dienone is 1. The fourth-order valence-corrected chi connectivity index (χ4v) is 2.64. The van der Waals surface area contributed by atoms with E-state index in [2.05, 4.69) is 6.58 Å². The molecule has 0 N–H and O–H groups in total. The number of hydrogen-bond donors (Lipinski definition) is 0. The summed E-state index contributed by atoms with van der Waals surface area (Å²) in [6.45, 7) is 8.77. The van der Waals surface area contributed by atoms with Crippen molar-refractivity contribution >= 4 is 22.7 Å². The zero-order valence-electron chi connectivity index (χ0n) is 16.5. The first-order valence-electron chi connectivity index (χ1n) is 8.43. The zero-order chi connectivity index (χ0) is 21.0. The van der Waals surface area contributed by atoms with Crippen LogP contribution in [0.15, 0.2) is 51.2 Å². The number of rotatable bonds is 7. The molecular weight excluding hydrogens is 364 g/mol. The quantitative estimate of drug-likeness (QED) is 0.237. The van der Waals surface area contributed by atoms with Crippen LogP contribution in [-0.2, 0) is 9.53 Å². The maximum Gasteiger partial charge on any atom is 0.336 e. The van der Waals surface area contributed by atoms with Crippen LogP contribution in [0.2, 0.25) is 0 Å². The monoisotopic (exact) mass is 386 g/mol. The van der Waals surface area contributed by atoms with Crippen LogP contribution in [0, 0.1) is 0 Å². The molecule has 0 amide bonds. The molecule has 2 aromatic rings. The van der Waals surface area contributed by atoms with Gasteiger partial charge in [0.15, 0.2) is 11.7 Å². The van der Waals surface area contributed by atoms with Crippen molar-refractivity contribution < 1.29 is 28.2 Å². The van der Waals surface area contributed by atoms with Crippen LogP contribution in [0.3, 0.4) is 0 Å². The van der Waals surface area contributed by atoms with E-state index in [-0.39, 0.29) is 16.9 Å². The Balaban J connectivity index is 2.69.